The summed E-state index contributed by atoms with van der Waals surface area (Å²) in [5.41, 5.74) is -0.438. The van der Waals surface area contributed by atoms with Crippen molar-refractivity contribution >= 4 is 21.8 Å². The molecule has 1 aliphatic rings. The van der Waals surface area contributed by atoms with Crippen LogP contribution in [0.15, 0.2) is 23.1 Å². The molecule has 0 amide bonds. The first kappa shape index (κ1) is 12.7. The van der Waals surface area contributed by atoms with Crippen molar-refractivity contribution in [2.24, 2.45) is 5.92 Å². The van der Waals surface area contributed by atoms with Crippen molar-refractivity contribution in [3.63, 3.8) is 0 Å². The van der Waals surface area contributed by atoms with Crippen LogP contribution in [0.1, 0.15) is 23.2 Å². The second-order valence-corrected chi connectivity index (χ2v) is 6.32. The van der Waals surface area contributed by atoms with E-state index in [1.807, 2.05) is 0 Å². The molecular weight excluding hydrogens is 258 g/mol. The number of sulfone groups is 1. The Kier molecular flexibility index (Phi) is 3.16. The number of nitro groups is 1. The third-order valence-corrected chi connectivity index (χ3v) is 4.77. The normalized spacial score (nSPS) is 15.3. The fourth-order valence-electron chi connectivity index (χ4n) is 1.71. The molecule has 2 rings (SSSR count). The minimum Gasteiger partial charge on any atom is -0.298 e. The maximum Gasteiger partial charge on any atom is 0.270 e. The number of nitro benzene ring substituents is 1. The molecule has 1 saturated carbocycles. The van der Waals surface area contributed by atoms with Gasteiger partial charge in [-0.15, -0.1) is 0 Å². The molecule has 0 aromatic heterocycles. The average molecular weight is 269 g/mol. The molecule has 1 aromatic rings. The van der Waals surface area contributed by atoms with Crippen LogP contribution in [-0.4, -0.2) is 25.4 Å². The molecule has 1 fully saturated rings. The van der Waals surface area contributed by atoms with Crippen LogP contribution < -0.4 is 0 Å². The molecule has 0 unspecified atom stereocenters. The van der Waals surface area contributed by atoms with Crippen molar-refractivity contribution < 1.29 is 18.1 Å². The highest BCUT2D eigenvalue weighted by molar-refractivity contribution is 7.91. The van der Waals surface area contributed by atoms with Gasteiger partial charge in [-0.05, 0) is 24.8 Å². The van der Waals surface area contributed by atoms with Crippen molar-refractivity contribution in [3.8, 4) is 0 Å². The van der Waals surface area contributed by atoms with Gasteiger partial charge in [0.05, 0.1) is 15.6 Å². The van der Waals surface area contributed by atoms with Crippen LogP contribution in [-0.2, 0) is 9.84 Å². The second-order valence-electron chi connectivity index (χ2n) is 4.32. The quantitative estimate of drug-likeness (QED) is 0.459. The van der Waals surface area contributed by atoms with Crippen LogP contribution in [0.2, 0.25) is 0 Å². The van der Waals surface area contributed by atoms with Crippen molar-refractivity contribution in [2.45, 2.75) is 17.7 Å². The van der Waals surface area contributed by atoms with E-state index in [9.17, 15) is 23.3 Å². The molecular formula is C11H11NO5S. The van der Waals surface area contributed by atoms with Gasteiger partial charge in [0.1, 0.15) is 0 Å². The molecule has 0 atom stereocenters. The Hall–Kier alpha value is -1.76. The first-order valence-electron chi connectivity index (χ1n) is 5.40. The van der Waals surface area contributed by atoms with Gasteiger partial charge in [0, 0.05) is 17.7 Å². The van der Waals surface area contributed by atoms with E-state index in [0.717, 1.165) is 31.0 Å². The van der Waals surface area contributed by atoms with Gasteiger partial charge in [-0.1, -0.05) is 0 Å². The van der Waals surface area contributed by atoms with Gasteiger partial charge < -0.3 is 0 Å². The Morgan fingerprint density at radius 2 is 2.06 bits per heavy atom. The van der Waals surface area contributed by atoms with Crippen LogP contribution in [0.5, 0.6) is 0 Å². The first-order valence-corrected chi connectivity index (χ1v) is 7.05. The number of benzene rings is 1. The summed E-state index contributed by atoms with van der Waals surface area (Å²) in [5.74, 6) is 0.163. The van der Waals surface area contributed by atoms with Crippen molar-refractivity contribution in [1.82, 2.24) is 0 Å². The molecule has 1 aliphatic carbocycles. The van der Waals surface area contributed by atoms with E-state index in [-0.39, 0.29) is 27.8 Å². The largest absolute Gasteiger partial charge is 0.298 e. The molecule has 0 aliphatic heterocycles. The lowest BCUT2D eigenvalue weighted by molar-refractivity contribution is -0.384. The summed E-state index contributed by atoms with van der Waals surface area (Å²) in [6.07, 6.45) is 2.10. The number of rotatable bonds is 5. The Bertz CT molecular complexity index is 604. The minimum absolute atomic E-state index is 0.00561. The van der Waals surface area contributed by atoms with Crippen LogP contribution in [0.3, 0.4) is 0 Å². The molecule has 0 heterocycles. The van der Waals surface area contributed by atoms with E-state index in [1.165, 1.54) is 0 Å². The smallest absolute Gasteiger partial charge is 0.270 e. The number of nitrogens with zero attached hydrogens (tertiary/aromatic N) is 1. The number of non-ortho nitro benzene ring substituents is 1. The molecule has 7 heteroatoms. The lowest BCUT2D eigenvalue weighted by Crippen LogP contribution is -2.11. The third kappa shape index (κ3) is 2.56. The number of hydrogen-bond donors (Lipinski definition) is 0. The topological polar surface area (TPSA) is 94.3 Å². The van der Waals surface area contributed by atoms with E-state index in [2.05, 4.69) is 0 Å². The van der Waals surface area contributed by atoms with E-state index in [0.29, 0.717) is 6.29 Å². The molecule has 0 radical (unpaired) electrons. The van der Waals surface area contributed by atoms with Gasteiger partial charge in [-0.25, -0.2) is 8.42 Å². The number of aldehydes is 1. The Morgan fingerprint density at radius 1 is 1.39 bits per heavy atom. The van der Waals surface area contributed by atoms with E-state index in [1.54, 1.807) is 0 Å². The standard InChI is InChI=1S/C11H11NO5S/c13-6-9-5-10(12(14)15)3-4-11(9)18(16,17)7-8-1-2-8/h3-6,8H,1-2,7H2. The van der Waals surface area contributed by atoms with Gasteiger partial charge in [-0.3, -0.25) is 14.9 Å². The Balaban J connectivity index is 2.43. The highest BCUT2D eigenvalue weighted by Gasteiger charge is 2.30. The minimum atomic E-state index is -3.54. The highest BCUT2D eigenvalue weighted by atomic mass is 32.2. The lowest BCUT2D eigenvalue weighted by atomic mass is 10.2. The summed E-state index contributed by atoms with van der Waals surface area (Å²) in [7, 11) is -3.54. The molecule has 0 saturated heterocycles. The first-order chi connectivity index (χ1) is 8.44. The Labute approximate surface area is 104 Å². The lowest BCUT2D eigenvalue weighted by Gasteiger charge is -2.05. The summed E-state index contributed by atoms with van der Waals surface area (Å²) in [5, 5.41) is 10.6. The zero-order valence-electron chi connectivity index (χ0n) is 9.40. The number of hydrogen-bond acceptors (Lipinski definition) is 5. The van der Waals surface area contributed by atoms with Crippen LogP contribution in [0.25, 0.3) is 0 Å². The molecule has 96 valence electrons. The van der Waals surface area contributed by atoms with E-state index in [4.69, 9.17) is 0 Å². The molecule has 1 aromatic carbocycles. The average Bonchev–Trinajstić information content (AvgIpc) is 3.11. The van der Waals surface area contributed by atoms with Crippen LogP contribution >= 0.6 is 0 Å². The van der Waals surface area contributed by atoms with Gasteiger partial charge in [0.25, 0.3) is 5.69 Å². The summed E-state index contributed by atoms with van der Waals surface area (Å²) in [4.78, 5) is 20.6. The van der Waals surface area contributed by atoms with Gasteiger partial charge in [0.2, 0.25) is 0 Å². The fraction of sp³-hybridized carbons (Fsp3) is 0.364. The van der Waals surface area contributed by atoms with Crippen molar-refractivity contribution in [2.75, 3.05) is 5.75 Å². The molecule has 0 bridgehead atoms. The van der Waals surface area contributed by atoms with E-state index >= 15 is 0 Å². The Morgan fingerprint density at radius 3 is 2.56 bits per heavy atom. The van der Waals surface area contributed by atoms with Crippen LogP contribution in [0, 0.1) is 16.0 Å². The van der Waals surface area contributed by atoms with Gasteiger partial charge >= 0.3 is 0 Å². The predicted octanol–water partition coefficient (Wildman–Crippen LogP) is 1.59. The summed E-state index contributed by atoms with van der Waals surface area (Å²) in [6, 6.07) is 3.24. The molecule has 6 nitrogen and oxygen atoms in total. The highest BCUT2D eigenvalue weighted by Crippen LogP contribution is 2.33. The SMILES string of the molecule is O=Cc1cc([N+](=O)[O-])ccc1S(=O)(=O)CC1CC1. The zero-order chi connectivity index (χ0) is 13.3. The molecule has 0 N–H and O–H groups in total. The maximum absolute atomic E-state index is 12.0. The van der Waals surface area contributed by atoms with Gasteiger partial charge in [-0.2, -0.15) is 0 Å². The summed E-state index contributed by atoms with van der Waals surface area (Å²) in [6.45, 7) is 0. The molecule has 18 heavy (non-hydrogen) atoms. The fourth-order valence-corrected chi connectivity index (χ4v) is 3.58. The third-order valence-electron chi connectivity index (χ3n) is 2.82. The van der Waals surface area contributed by atoms with Crippen molar-refractivity contribution in [1.29, 1.82) is 0 Å². The maximum atomic E-state index is 12.0. The zero-order valence-corrected chi connectivity index (χ0v) is 10.2. The second kappa shape index (κ2) is 4.49. The number of carbonyl (C=O) groups is 1. The predicted molar refractivity (Wildman–Crippen MR) is 63.3 cm³/mol. The number of carbonyl (C=O) groups excluding carboxylic acids is 1. The molecule has 0 spiro atoms. The monoisotopic (exact) mass is 269 g/mol. The van der Waals surface area contributed by atoms with E-state index < -0.39 is 14.8 Å². The summed E-state index contributed by atoms with van der Waals surface area (Å²) < 4.78 is 24.0. The van der Waals surface area contributed by atoms with Crippen molar-refractivity contribution in [3.05, 3.63) is 33.9 Å². The van der Waals surface area contributed by atoms with Crippen LogP contribution in [0.4, 0.5) is 5.69 Å². The van der Waals surface area contributed by atoms with Gasteiger partial charge in [0.15, 0.2) is 16.1 Å². The summed E-state index contributed by atoms with van der Waals surface area (Å²) >= 11 is 0.